The number of aryl methyl sites for hydroxylation is 1. The SMILES string of the molecule is Cn1cc(CN(C2=NCCC2)c2ccccc2)c2ccccc21. The number of fused-ring (bicyclic) bond motifs is 1. The number of rotatable bonds is 3. The van der Waals surface area contributed by atoms with Crippen molar-refractivity contribution in [2.75, 3.05) is 11.4 Å². The molecular formula is C20H21N3. The lowest BCUT2D eigenvalue weighted by atomic mass is 10.1. The van der Waals surface area contributed by atoms with Gasteiger partial charge in [0.2, 0.25) is 0 Å². The molecule has 0 atom stereocenters. The molecule has 2 aromatic carbocycles. The number of aliphatic imine (C=N–C) groups is 1. The molecule has 0 unspecified atom stereocenters. The molecule has 0 N–H and O–H groups in total. The molecule has 23 heavy (non-hydrogen) atoms. The predicted molar refractivity (Wildman–Crippen MR) is 97.1 cm³/mol. The highest BCUT2D eigenvalue weighted by Gasteiger charge is 2.19. The Morgan fingerprint density at radius 3 is 2.61 bits per heavy atom. The van der Waals surface area contributed by atoms with E-state index in [0.717, 1.165) is 25.9 Å². The smallest absolute Gasteiger partial charge is 0.104 e. The van der Waals surface area contributed by atoms with Crippen molar-refractivity contribution in [2.24, 2.45) is 12.0 Å². The van der Waals surface area contributed by atoms with Gasteiger partial charge < -0.3 is 9.47 Å². The highest BCUT2D eigenvalue weighted by atomic mass is 15.2. The molecule has 0 amide bonds. The highest BCUT2D eigenvalue weighted by Crippen LogP contribution is 2.26. The van der Waals surface area contributed by atoms with Crippen molar-refractivity contribution in [1.82, 2.24) is 4.57 Å². The molecule has 0 saturated heterocycles. The maximum Gasteiger partial charge on any atom is 0.104 e. The van der Waals surface area contributed by atoms with Crippen molar-refractivity contribution >= 4 is 22.4 Å². The predicted octanol–water partition coefficient (Wildman–Crippen LogP) is 4.38. The fraction of sp³-hybridized carbons (Fsp3) is 0.250. The van der Waals surface area contributed by atoms with Crippen molar-refractivity contribution in [3.05, 3.63) is 66.4 Å². The number of nitrogens with zero attached hydrogens (tertiary/aromatic N) is 3. The standard InChI is InChI=1S/C20H21N3/c1-22-14-16(18-10-5-6-11-19(18)22)15-23(20-12-7-13-21-20)17-8-3-2-4-9-17/h2-6,8-11,14H,7,12-13,15H2,1H3. The average molecular weight is 303 g/mol. The molecule has 2 heterocycles. The third kappa shape index (κ3) is 2.63. The van der Waals surface area contributed by atoms with Gasteiger partial charge in [-0.05, 0) is 30.2 Å². The van der Waals surface area contributed by atoms with Crippen LogP contribution in [0.4, 0.5) is 5.69 Å². The van der Waals surface area contributed by atoms with Crippen LogP contribution in [0.3, 0.4) is 0 Å². The summed E-state index contributed by atoms with van der Waals surface area (Å²) in [6, 6.07) is 19.2. The number of amidine groups is 1. The molecule has 0 radical (unpaired) electrons. The summed E-state index contributed by atoms with van der Waals surface area (Å²) >= 11 is 0. The van der Waals surface area contributed by atoms with E-state index in [1.54, 1.807) is 0 Å². The zero-order chi connectivity index (χ0) is 15.6. The summed E-state index contributed by atoms with van der Waals surface area (Å²) in [5, 5.41) is 1.33. The van der Waals surface area contributed by atoms with Crippen LogP contribution in [0.2, 0.25) is 0 Å². The second kappa shape index (κ2) is 5.92. The summed E-state index contributed by atoms with van der Waals surface area (Å²) in [6.07, 6.45) is 4.48. The number of aromatic nitrogens is 1. The number of anilines is 1. The first-order valence-corrected chi connectivity index (χ1v) is 8.22. The Hall–Kier alpha value is -2.55. The van der Waals surface area contributed by atoms with E-state index in [1.165, 1.54) is 28.0 Å². The molecule has 4 rings (SSSR count). The molecule has 1 aromatic heterocycles. The van der Waals surface area contributed by atoms with E-state index >= 15 is 0 Å². The number of hydrogen-bond acceptors (Lipinski definition) is 2. The Balaban J connectivity index is 1.75. The second-order valence-electron chi connectivity index (χ2n) is 6.11. The number of benzene rings is 2. The zero-order valence-electron chi connectivity index (χ0n) is 13.4. The van der Waals surface area contributed by atoms with Gasteiger partial charge in [0, 0.05) is 42.8 Å². The Morgan fingerprint density at radius 1 is 1.04 bits per heavy atom. The van der Waals surface area contributed by atoms with Crippen molar-refractivity contribution in [3.63, 3.8) is 0 Å². The van der Waals surface area contributed by atoms with Crippen LogP contribution in [0, 0.1) is 0 Å². The summed E-state index contributed by atoms with van der Waals surface area (Å²) < 4.78 is 2.21. The van der Waals surface area contributed by atoms with Gasteiger partial charge in [0.15, 0.2) is 0 Å². The number of para-hydroxylation sites is 2. The molecule has 3 aromatic rings. The quantitative estimate of drug-likeness (QED) is 0.703. The zero-order valence-corrected chi connectivity index (χ0v) is 13.4. The first kappa shape index (κ1) is 14.1. The van der Waals surface area contributed by atoms with Gasteiger partial charge in [0.05, 0.1) is 6.54 Å². The van der Waals surface area contributed by atoms with Gasteiger partial charge in [-0.1, -0.05) is 36.4 Å². The Morgan fingerprint density at radius 2 is 1.83 bits per heavy atom. The van der Waals surface area contributed by atoms with Crippen molar-refractivity contribution in [1.29, 1.82) is 0 Å². The topological polar surface area (TPSA) is 20.5 Å². The monoisotopic (exact) mass is 303 g/mol. The van der Waals surface area contributed by atoms with E-state index in [-0.39, 0.29) is 0 Å². The molecule has 1 aliphatic rings. The summed E-state index contributed by atoms with van der Waals surface area (Å²) in [5.74, 6) is 1.21. The van der Waals surface area contributed by atoms with E-state index in [0.29, 0.717) is 0 Å². The molecule has 0 saturated carbocycles. The largest absolute Gasteiger partial charge is 0.350 e. The minimum Gasteiger partial charge on any atom is -0.350 e. The maximum atomic E-state index is 4.73. The molecule has 0 spiro atoms. The van der Waals surface area contributed by atoms with Crippen LogP contribution in [0.15, 0.2) is 65.8 Å². The maximum absolute atomic E-state index is 4.73. The van der Waals surface area contributed by atoms with Crippen LogP contribution in [-0.4, -0.2) is 16.9 Å². The van der Waals surface area contributed by atoms with Crippen molar-refractivity contribution in [2.45, 2.75) is 19.4 Å². The fourth-order valence-corrected chi connectivity index (χ4v) is 3.41. The molecular weight excluding hydrogens is 282 g/mol. The average Bonchev–Trinajstić information content (AvgIpc) is 3.23. The van der Waals surface area contributed by atoms with E-state index in [2.05, 4.69) is 77.3 Å². The first-order valence-electron chi connectivity index (χ1n) is 8.22. The van der Waals surface area contributed by atoms with Gasteiger partial charge in [0.25, 0.3) is 0 Å². The number of hydrogen-bond donors (Lipinski definition) is 0. The third-order valence-corrected chi connectivity index (χ3v) is 4.54. The molecule has 116 valence electrons. The minimum absolute atomic E-state index is 0.865. The van der Waals surface area contributed by atoms with Crippen LogP contribution in [0.1, 0.15) is 18.4 Å². The van der Waals surface area contributed by atoms with Crippen molar-refractivity contribution < 1.29 is 0 Å². The Labute approximate surface area is 136 Å². The Kier molecular flexibility index (Phi) is 3.62. The lowest BCUT2D eigenvalue weighted by Gasteiger charge is -2.24. The van der Waals surface area contributed by atoms with Crippen molar-refractivity contribution in [3.8, 4) is 0 Å². The van der Waals surface area contributed by atoms with Gasteiger partial charge in [-0.2, -0.15) is 0 Å². The van der Waals surface area contributed by atoms with Crippen LogP contribution in [0.5, 0.6) is 0 Å². The summed E-state index contributed by atoms with van der Waals surface area (Å²) in [5.41, 5.74) is 3.85. The molecule has 1 aliphatic heterocycles. The van der Waals surface area contributed by atoms with Crippen LogP contribution in [-0.2, 0) is 13.6 Å². The third-order valence-electron chi connectivity index (χ3n) is 4.54. The van der Waals surface area contributed by atoms with E-state index < -0.39 is 0 Å². The van der Waals surface area contributed by atoms with E-state index in [1.807, 2.05) is 0 Å². The molecule has 0 fully saturated rings. The van der Waals surface area contributed by atoms with E-state index in [9.17, 15) is 0 Å². The molecule has 3 nitrogen and oxygen atoms in total. The van der Waals surface area contributed by atoms with E-state index in [4.69, 9.17) is 4.99 Å². The molecule has 0 aliphatic carbocycles. The highest BCUT2D eigenvalue weighted by molar-refractivity contribution is 5.99. The van der Waals surface area contributed by atoms with Gasteiger partial charge >= 0.3 is 0 Å². The lowest BCUT2D eigenvalue weighted by molar-refractivity contribution is 0.926. The van der Waals surface area contributed by atoms with Crippen LogP contribution in [0.25, 0.3) is 10.9 Å². The van der Waals surface area contributed by atoms with Gasteiger partial charge in [-0.3, -0.25) is 4.99 Å². The summed E-state index contributed by atoms with van der Waals surface area (Å²) in [4.78, 5) is 7.10. The second-order valence-corrected chi connectivity index (χ2v) is 6.11. The first-order chi connectivity index (χ1) is 11.3. The van der Waals surface area contributed by atoms with Crippen LogP contribution >= 0.6 is 0 Å². The fourth-order valence-electron chi connectivity index (χ4n) is 3.41. The normalized spacial score (nSPS) is 14.2. The minimum atomic E-state index is 0.865. The Bertz CT molecular complexity index is 846. The van der Waals surface area contributed by atoms with Gasteiger partial charge in [-0.15, -0.1) is 0 Å². The summed E-state index contributed by atoms with van der Waals surface area (Å²) in [7, 11) is 2.12. The molecule has 3 heteroatoms. The lowest BCUT2D eigenvalue weighted by Crippen LogP contribution is -2.28. The van der Waals surface area contributed by atoms with Gasteiger partial charge in [0.1, 0.15) is 5.84 Å². The molecule has 0 bridgehead atoms. The summed E-state index contributed by atoms with van der Waals surface area (Å²) in [6.45, 7) is 1.82. The van der Waals surface area contributed by atoms with Crippen LogP contribution < -0.4 is 4.90 Å². The van der Waals surface area contributed by atoms with Gasteiger partial charge in [-0.25, -0.2) is 0 Å².